The molecule has 0 aliphatic heterocycles. The molecule has 0 spiro atoms. The van der Waals surface area contributed by atoms with Crippen LogP contribution in [-0.4, -0.2) is 42.8 Å². The highest BCUT2D eigenvalue weighted by atomic mass is 16.4. The summed E-state index contributed by atoms with van der Waals surface area (Å²) in [4.78, 5) is 9.84. The Labute approximate surface area is 117 Å². The van der Waals surface area contributed by atoms with Crippen molar-refractivity contribution in [2.24, 2.45) is 5.73 Å². The molecule has 0 aromatic carbocycles. The second-order valence-corrected chi connectivity index (χ2v) is 5.36. The van der Waals surface area contributed by atoms with Crippen LogP contribution in [0, 0.1) is 0 Å². The maximum absolute atomic E-state index is 9.84. The van der Waals surface area contributed by atoms with Crippen molar-refractivity contribution < 1.29 is 9.90 Å². The largest absolute Gasteiger partial charge is 0.480 e. The van der Waals surface area contributed by atoms with Crippen molar-refractivity contribution in [2.45, 2.75) is 64.5 Å². The fourth-order valence-corrected chi connectivity index (χ4v) is 2.01. The Bertz CT molecular complexity index is 217. The quantitative estimate of drug-likeness (QED) is 0.526. The van der Waals surface area contributed by atoms with Gasteiger partial charge < -0.3 is 21.5 Å². The van der Waals surface area contributed by atoms with Gasteiger partial charge in [0.1, 0.15) is 0 Å². The smallest absolute Gasteiger partial charge is 0.317 e. The predicted octanol–water partition coefficient (Wildman–Crippen LogP) is 1.33. The van der Waals surface area contributed by atoms with Crippen LogP contribution in [0.2, 0.25) is 0 Å². The summed E-state index contributed by atoms with van der Waals surface area (Å²) < 4.78 is 0. The van der Waals surface area contributed by atoms with Gasteiger partial charge in [-0.15, -0.1) is 0 Å². The average molecular weight is 273 g/mol. The lowest BCUT2D eigenvalue weighted by Crippen LogP contribution is -2.32. The lowest BCUT2D eigenvalue weighted by molar-refractivity contribution is -0.136. The van der Waals surface area contributed by atoms with Crippen LogP contribution in [0.1, 0.15) is 52.4 Å². The summed E-state index contributed by atoms with van der Waals surface area (Å²) in [5.41, 5.74) is 5.40. The summed E-state index contributed by atoms with van der Waals surface area (Å²) in [6, 6.07) is 1.06. The van der Waals surface area contributed by atoms with Gasteiger partial charge in [-0.05, 0) is 32.4 Å². The van der Waals surface area contributed by atoms with E-state index in [2.05, 4.69) is 10.6 Å². The Morgan fingerprint density at radius 1 is 1.32 bits per heavy atom. The zero-order valence-electron chi connectivity index (χ0n) is 12.5. The first-order valence-electron chi connectivity index (χ1n) is 7.45. The Hall–Kier alpha value is -0.650. The number of aliphatic carboxylic acids is 1. The summed E-state index contributed by atoms with van der Waals surface area (Å²) in [5.74, 6) is -0.807. The van der Waals surface area contributed by atoms with Crippen molar-refractivity contribution in [1.82, 2.24) is 10.6 Å². The van der Waals surface area contributed by atoms with Crippen molar-refractivity contribution in [2.75, 3.05) is 19.6 Å². The number of hydrogen-bond acceptors (Lipinski definition) is 4. The molecule has 0 heterocycles. The zero-order valence-corrected chi connectivity index (χ0v) is 12.5. The van der Waals surface area contributed by atoms with Gasteiger partial charge in [0.15, 0.2) is 0 Å². The Morgan fingerprint density at radius 2 is 1.95 bits per heavy atom. The van der Waals surface area contributed by atoms with E-state index >= 15 is 0 Å². The summed E-state index contributed by atoms with van der Waals surface area (Å²) in [7, 11) is 0. The molecule has 114 valence electrons. The van der Waals surface area contributed by atoms with Crippen LogP contribution >= 0.6 is 0 Å². The van der Waals surface area contributed by atoms with E-state index in [0.29, 0.717) is 0 Å². The summed E-state index contributed by atoms with van der Waals surface area (Å²) >= 11 is 0. The number of carboxylic acid groups (broad SMARTS) is 1. The molecule has 0 radical (unpaired) electrons. The van der Waals surface area contributed by atoms with E-state index in [1.165, 1.54) is 32.1 Å². The summed E-state index contributed by atoms with van der Waals surface area (Å²) in [5, 5.41) is 14.4. The van der Waals surface area contributed by atoms with Crippen LogP contribution in [-0.2, 0) is 4.79 Å². The number of carboxylic acids is 1. The predicted molar refractivity (Wildman–Crippen MR) is 79.3 cm³/mol. The number of rotatable bonds is 7. The minimum absolute atomic E-state index is 0.0532. The van der Waals surface area contributed by atoms with Crippen LogP contribution in [0.4, 0.5) is 0 Å². The van der Waals surface area contributed by atoms with E-state index < -0.39 is 5.97 Å². The molecule has 5 N–H and O–H groups in total. The molecule has 0 aromatic rings. The molecule has 1 saturated carbocycles. The standard InChI is InChI=1S/C9H20N2.C5H11NO2/c10-7-4-8-11-9-5-2-1-3-6-9;1-4(2)6-3-5(7)8/h9,11H,1-8,10H2;4,6H,3H2,1-2H3,(H,7,8). The second kappa shape index (κ2) is 12.4. The third kappa shape index (κ3) is 13.6. The highest BCUT2D eigenvalue weighted by Crippen LogP contribution is 2.16. The average Bonchev–Trinajstić information content (AvgIpc) is 2.39. The fourth-order valence-electron chi connectivity index (χ4n) is 2.01. The van der Waals surface area contributed by atoms with E-state index in [4.69, 9.17) is 10.8 Å². The monoisotopic (exact) mass is 273 g/mol. The molecule has 0 aromatic heterocycles. The van der Waals surface area contributed by atoms with E-state index in [1.807, 2.05) is 13.8 Å². The van der Waals surface area contributed by atoms with E-state index in [1.54, 1.807) is 0 Å². The maximum atomic E-state index is 9.84. The lowest BCUT2D eigenvalue weighted by atomic mass is 9.95. The molecule has 19 heavy (non-hydrogen) atoms. The first-order chi connectivity index (χ1) is 9.06. The Kier molecular flexibility index (Phi) is 12.0. The van der Waals surface area contributed by atoms with E-state index in [-0.39, 0.29) is 12.6 Å². The second-order valence-electron chi connectivity index (χ2n) is 5.36. The van der Waals surface area contributed by atoms with Gasteiger partial charge in [0.05, 0.1) is 6.54 Å². The van der Waals surface area contributed by atoms with Gasteiger partial charge in [-0.3, -0.25) is 4.79 Å². The third-order valence-corrected chi connectivity index (χ3v) is 3.08. The fraction of sp³-hybridized carbons (Fsp3) is 0.929. The summed E-state index contributed by atoms with van der Waals surface area (Å²) in [6.45, 7) is 5.80. The van der Waals surface area contributed by atoms with Gasteiger partial charge in [-0.1, -0.05) is 33.1 Å². The number of nitrogens with two attached hydrogens (primary N) is 1. The zero-order chi connectivity index (χ0) is 14.5. The molecular weight excluding hydrogens is 242 g/mol. The molecule has 5 nitrogen and oxygen atoms in total. The molecule has 1 aliphatic rings. The maximum Gasteiger partial charge on any atom is 0.317 e. The Morgan fingerprint density at radius 3 is 2.37 bits per heavy atom. The van der Waals surface area contributed by atoms with E-state index in [9.17, 15) is 4.79 Å². The van der Waals surface area contributed by atoms with Crippen LogP contribution < -0.4 is 16.4 Å². The molecule has 0 amide bonds. The number of nitrogens with one attached hydrogen (secondary N) is 2. The van der Waals surface area contributed by atoms with Crippen molar-refractivity contribution in [3.05, 3.63) is 0 Å². The van der Waals surface area contributed by atoms with E-state index in [0.717, 1.165) is 25.6 Å². The molecule has 1 aliphatic carbocycles. The van der Waals surface area contributed by atoms with Gasteiger partial charge in [0.2, 0.25) is 0 Å². The minimum atomic E-state index is -0.807. The van der Waals surface area contributed by atoms with Crippen molar-refractivity contribution in [1.29, 1.82) is 0 Å². The number of hydrogen-bond donors (Lipinski definition) is 4. The third-order valence-electron chi connectivity index (χ3n) is 3.08. The van der Waals surface area contributed by atoms with Crippen LogP contribution in [0.15, 0.2) is 0 Å². The number of carbonyl (C=O) groups is 1. The first-order valence-corrected chi connectivity index (χ1v) is 7.45. The van der Waals surface area contributed by atoms with Gasteiger partial charge in [0, 0.05) is 12.1 Å². The van der Waals surface area contributed by atoms with Crippen LogP contribution in [0.3, 0.4) is 0 Å². The van der Waals surface area contributed by atoms with Gasteiger partial charge >= 0.3 is 5.97 Å². The Balaban J connectivity index is 0.000000362. The minimum Gasteiger partial charge on any atom is -0.480 e. The first kappa shape index (κ1) is 18.4. The van der Waals surface area contributed by atoms with Crippen LogP contribution in [0.25, 0.3) is 0 Å². The molecule has 0 bridgehead atoms. The van der Waals surface area contributed by atoms with Gasteiger partial charge in [0.25, 0.3) is 0 Å². The topological polar surface area (TPSA) is 87.4 Å². The lowest BCUT2D eigenvalue weighted by Gasteiger charge is -2.22. The van der Waals surface area contributed by atoms with Gasteiger partial charge in [-0.25, -0.2) is 0 Å². The SMILES string of the molecule is CC(C)NCC(=O)O.NCCCNC1CCCCC1. The van der Waals surface area contributed by atoms with Crippen molar-refractivity contribution in [3.8, 4) is 0 Å². The van der Waals surface area contributed by atoms with Gasteiger partial charge in [-0.2, -0.15) is 0 Å². The molecule has 1 fully saturated rings. The molecule has 5 heteroatoms. The molecular formula is C14H31N3O2. The van der Waals surface area contributed by atoms with Crippen molar-refractivity contribution in [3.63, 3.8) is 0 Å². The normalized spacial score (nSPS) is 16.0. The van der Waals surface area contributed by atoms with Crippen molar-refractivity contribution >= 4 is 5.97 Å². The molecule has 0 saturated heterocycles. The molecule has 0 unspecified atom stereocenters. The molecule has 1 rings (SSSR count). The van der Waals surface area contributed by atoms with Crippen LogP contribution in [0.5, 0.6) is 0 Å². The molecule has 0 atom stereocenters. The summed E-state index contributed by atoms with van der Waals surface area (Å²) in [6.07, 6.45) is 8.15. The highest BCUT2D eigenvalue weighted by Gasteiger charge is 2.11. The highest BCUT2D eigenvalue weighted by molar-refractivity contribution is 5.69.